The van der Waals surface area contributed by atoms with Gasteiger partial charge < -0.3 is 15.6 Å². The smallest absolute Gasteiger partial charge is 0.217 e. The standard InChI is InChI=1S/C19H33N3O2/c1-18(2,3)24-17(23)22-13-14(12-19(22,4)5)9-10-15(20)16-8-6-7-11-21-16/h6-8,11,14-15,17,23H,9-10,12-13,20H2,1-5H3/t14-,15?,17?/m0/s1. The van der Waals surface area contributed by atoms with Crippen molar-refractivity contribution in [2.75, 3.05) is 6.54 Å². The molecule has 0 spiro atoms. The van der Waals surface area contributed by atoms with Gasteiger partial charge in [-0.15, -0.1) is 0 Å². The lowest BCUT2D eigenvalue weighted by molar-refractivity contribution is -0.251. The molecule has 136 valence electrons. The van der Waals surface area contributed by atoms with Crippen molar-refractivity contribution < 1.29 is 9.84 Å². The van der Waals surface area contributed by atoms with E-state index in [0.717, 1.165) is 31.5 Å². The minimum absolute atomic E-state index is 0.0286. The summed E-state index contributed by atoms with van der Waals surface area (Å²) in [6, 6.07) is 5.84. The normalized spacial score (nSPS) is 24.0. The van der Waals surface area contributed by atoms with Crippen molar-refractivity contribution in [3.63, 3.8) is 0 Å². The monoisotopic (exact) mass is 335 g/mol. The second-order valence-corrected chi connectivity index (χ2v) is 8.53. The van der Waals surface area contributed by atoms with Crippen LogP contribution in [0, 0.1) is 5.92 Å². The Morgan fingerprint density at radius 3 is 2.71 bits per heavy atom. The van der Waals surface area contributed by atoms with Crippen LogP contribution in [0.3, 0.4) is 0 Å². The SMILES string of the molecule is CC(C)(C)OC(O)N1C[C@@H](CCC(N)c2ccccn2)CC1(C)C. The summed E-state index contributed by atoms with van der Waals surface area (Å²) >= 11 is 0. The molecule has 1 aromatic heterocycles. The highest BCUT2D eigenvalue weighted by molar-refractivity contribution is 5.08. The molecule has 0 aliphatic carbocycles. The first-order chi connectivity index (χ1) is 11.1. The van der Waals surface area contributed by atoms with E-state index >= 15 is 0 Å². The topological polar surface area (TPSA) is 71.6 Å². The highest BCUT2D eigenvalue weighted by atomic mass is 16.6. The molecule has 0 radical (unpaired) electrons. The summed E-state index contributed by atoms with van der Waals surface area (Å²) in [6.07, 6.45) is 3.89. The van der Waals surface area contributed by atoms with Crippen molar-refractivity contribution in [1.82, 2.24) is 9.88 Å². The Bertz CT molecular complexity index is 513. The zero-order valence-electron chi connectivity index (χ0n) is 15.7. The van der Waals surface area contributed by atoms with Crippen LogP contribution < -0.4 is 5.73 Å². The van der Waals surface area contributed by atoms with Crippen molar-refractivity contribution in [3.05, 3.63) is 30.1 Å². The number of rotatable bonds is 6. The van der Waals surface area contributed by atoms with Crippen LogP contribution in [0.1, 0.15) is 65.6 Å². The number of aliphatic hydroxyl groups is 1. The van der Waals surface area contributed by atoms with Crippen molar-refractivity contribution in [3.8, 4) is 0 Å². The number of nitrogens with two attached hydrogens (primary N) is 1. The molecule has 2 unspecified atom stereocenters. The molecule has 0 amide bonds. The number of likely N-dealkylation sites (tertiary alicyclic amines) is 1. The fraction of sp³-hybridized carbons (Fsp3) is 0.737. The quantitative estimate of drug-likeness (QED) is 0.782. The lowest BCUT2D eigenvalue weighted by atomic mass is 9.91. The number of aliphatic hydroxyl groups excluding tert-OH is 1. The zero-order chi connectivity index (χ0) is 18.0. The van der Waals surface area contributed by atoms with Gasteiger partial charge in [0.25, 0.3) is 0 Å². The highest BCUT2D eigenvalue weighted by Crippen LogP contribution is 2.37. The number of hydrogen-bond acceptors (Lipinski definition) is 5. The van der Waals surface area contributed by atoms with Crippen LogP contribution in [0.2, 0.25) is 0 Å². The van der Waals surface area contributed by atoms with Crippen LogP contribution in [-0.4, -0.2) is 39.1 Å². The first kappa shape index (κ1) is 19.3. The molecule has 1 aromatic rings. The summed E-state index contributed by atoms with van der Waals surface area (Å²) in [7, 11) is 0. The molecular formula is C19H33N3O2. The van der Waals surface area contributed by atoms with Gasteiger partial charge >= 0.3 is 0 Å². The first-order valence-corrected chi connectivity index (χ1v) is 8.88. The molecule has 0 aromatic carbocycles. The zero-order valence-corrected chi connectivity index (χ0v) is 15.7. The minimum Gasteiger partial charge on any atom is -0.356 e. The Labute approximate surface area is 146 Å². The maximum atomic E-state index is 10.5. The fourth-order valence-electron chi connectivity index (χ4n) is 3.53. The number of aromatic nitrogens is 1. The van der Waals surface area contributed by atoms with Gasteiger partial charge in [-0.3, -0.25) is 4.98 Å². The number of pyridine rings is 1. The molecular weight excluding hydrogens is 302 g/mol. The van der Waals surface area contributed by atoms with Crippen molar-refractivity contribution in [2.45, 2.75) is 77.5 Å². The van der Waals surface area contributed by atoms with E-state index in [1.807, 2.05) is 39.0 Å². The third-order valence-corrected chi connectivity index (χ3v) is 4.70. The lowest BCUT2D eigenvalue weighted by Gasteiger charge is -2.37. The molecule has 2 heterocycles. The van der Waals surface area contributed by atoms with Gasteiger partial charge in [-0.05, 0) is 71.9 Å². The molecule has 1 aliphatic heterocycles. The highest BCUT2D eigenvalue weighted by Gasteiger charge is 2.42. The molecule has 2 rings (SSSR count). The van der Waals surface area contributed by atoms with Crippen LogP contribution in [0.25, 0.3) is 0 Å². The van der Waals surface area contributed by atoms with Crippen molar-refractivity contribution in [2.24, 2.45) is 11.7 Å². The average Bonchev–Trinajstić information content (AvgIpc) is 2.79. The first-order valence-electron chi connectivity index (χ1n) is 8.88. The van der Waals surface area contributed by atoms with Gasteiger partial charge in [-0.25, -0.2) is 4.90 Å². The second kappa shape index (κ2) is 7.48. The maximum absolute atomic E-state index is 10.5. The Morgan fingerprint density at radius 1 is 1.42 bits per heavy atom. The molecule has 3 atom stereocenters. The van der Waals surface area contributed by atoms with E-state index in [2.05, 4.69) is 23.7 Å². The Balaban J connectivity index is 1.90. The van der Waals surface area contributed by atoms with Gasteiger partial charge in [0.05, 0.1) is 11.3 Å². The van der Waals surface area contributed by atoms with E-state index in [1.54, 1.807) is 6.20 Å². The van der Waals surface area contributed by atoms with Crippen LogP contribution in [0.5, 0.6) is 0 Å². The Hall–Kier alpha value is -1.01. The summed E-state index contributed by atoms with van der Waals surface area (Å²) in [5.74, 6) is 0.507. The number of ether oxygens (including phenoxy) is 1. The van der Waals surface area contributed by atoms with Crippen LogP contribution in [-0.2, 0) is 4.74 Å². The van der Waals surface area contributed by atoms with E-state index in [0.29, 0.717) is 5.92 Å². The number of nitrogens with zero attached hydrogens (tertiary/aromatic N) is 2. The van der Waals surface area contributed by atoms with E-state index in [4.69, 9.17) is 10.5 Å². The third kappa shape index (κ3) is 5.24. The third-order valence-electron chi connectivity index (χ3n) is 4.70. The molecule has 1 aliphatic rings. The summed E-state index contributed by atoms with van der Waals surface area (Å²) in [4.78, 5) is 6.41. The predicted molar refractivity (Wildman–Crippen MR) is 96.1 cm³/mol. The predicted octanol–water partition coefficient (Wildman–Crippen LogP) is 3.05. The average molecular weight is 335 g/mol. The van der Waals surface area contributed by atoms with Gasteiger partial charge in [0.15, 0.2) is 0 Å². The van der Waals surface area contributed by atoms with E-state index in [9.17, 15) is 5.11 Å². The molecule has 1 saturated heterocycles. The molecule has 5 heteroatoms. The second-order valence-electron chi connectivity index (χ2n) is 8.53. The summed E-state index contributed by atoms with van der Waals surface area (Å²) in [6.45, 7) is 11.1. The summed E-state index contributed by atoms with van der Waals surface area (Å²) in [5, 5.41) is 10.5. The largest absolute Gasteiger partial charge is 0.356 e. The molecule has 1 fully saturated rings. The summed E-state index contributed by atoms with van der Waals surface area (Å²) in [5.41, 5.74) is 6.77. The maximum Gasteiger partial charge on any atom is 0.217 e. The van der Waals surface area contributed by atoms with Crippen molar-refractivity contribution in [1.29, 1.82) is 0 Å². The molecule has 24 heavy (non-hydrogen) atoms. The van der Waals surface area contributed by atoms with Gasteiger partial charge in [-0.1, -0.05) is 6.07 Å². The van der Waals surface area contributed by atoms with E-state index in [-0.39, 0.29) is 17.2 Å². The van der Waals surface area contributed by atoms with Gasteiger partial charge in [0.1, 0.15) is 0 Å². The Morgan fingerprint density at radius 2 is 2.12 bits per heavy atom. The van der Waals surface area contributed by atoms with Gasteiger partial charge in [0.2, 0.25) is 6.41 Å². The summed E-state index contributed by atoms with van der Waals surface area (Å²) < 4.78 is 5.75. The van der Waals surface area contributed by atoms with Gasteiger partial charge in [0, 0.05) is 24.3 Å². The van der Waals surface area contributed by atoms with Crippen LogP contribution in [0.15, 0.2) is 24.4 Å². The number of hydrogen-bond donors (Lipinski definition) is 2. The van der Waals surface area contributed by atoms with E-state index < -0.39 is 6.41 Å². The molecule has 0 bridgehead atoms. The molecule has 3 N–H and O–H groups in total. The Kier molecular flexibility index (Phi) is 6.02. The van der Waals surface area contributed by atoms with Crippen molar-refractivity contribution >= 4 is 0 Å². The van der Waals surface area contributed by atoms with Crippen LogP contribution in [0.4, 0.5) is 0 Å². The molecule has 5 nitrogen and oxygen atoms in total. The fourth-order valence-corrected chi connectivity index (χ4v) is 3.53. The van der Waals surface area contributed by atoms with E-state index in [1.165, 1.54) is 0 Å². The van der Waals surface area contributed by atoms with Gasteiger partial charge in [-0.2, -0.15) is 0 Å². The minimum atomic E-state index is -0.866. The molecule has 0 saturated carbocycles. The van der Waals surface area contributed by atoms with Crippen LogP contribution >= 0.6 is 0 Å². The lowest BCUT2D eigenvalue weighted by Crippen LogP contribution is -2.49.